The molecule has 1 unspecified atom stereocenters. The van der Waals surface area contributed by atoms with Crippen LogP contribution in [0.5, 0.6) is 0 Å². The predicted octanol–water partition coefficient (Wildman–Crippen LogP) is 0.895. The van der Waals surface area contributed by atoms with Gasteiger partial charge in [-0.15, -0.1) is 0 Å². The minimum absolute atomic E-state index is 0.286. The standard InChI is InChI=1S/C15H21N3O3/c1-21-15(20)13-10(5-4-6-11(13)16)9-18-8-3-2-7-12(18)14(17)19/h4-6,12H,2-3,7-9,16H2,1H3,(H2,17,19). The minimum atomic E-state index is -0.462. The molecule has 1 atom stereocenters. The Hall–Kier alpha value is -2.08. The molecule has 0 aliphatic carbocycles. The molecule has 0 aromatic heterocycles. The third kappa shape index (κ3) is 3.33. The van der Waals surface area contributed by atoms with Gasteiger partial charge in [0.25, 0.3) is 0 Å². The molecule has 6 heteroatoms. The molecular formula is C15H21N3O3. The van der Waals surface area contributed by atoms with Crippen molar-refractivity contribution in [3.63, 3.8) is 0 Å². The van der Waals surface area contributed by atoms with Gasteiger partial charge in [0.1, 0.15) is 0 Å². The van der Waals surface area contributed by atoms with Crippen molar-refractivity contribution >= 4 is 17.6 Å². The van der Waals surface area contributed by atoms with E-state index >= 15 is 0 Å². The summed E-state index contributed by atoms with van der Waals surface area (Å²) in [4.78, 5) is 25.5. The second-order valence-corrected chi connectivity index (χ2v) is 5.26. The highest BCUT2D eigenvalue weighted by Crippen LogP contribution is 2.24. The van der Waals surface area contributed by atoms with Gasteiger partial charge in [0.2, 0.25) is 5.91 Å². The Morgan fingerprint density at radius 3 is 2.81 bits per heavy atom. The van der Waals surface area contributed by atoms with Crippen LogP contribution in [0.3, 0.4) is 0 Å². The first kappa shape index (κ1) is 15.3. The van der Waals surface area contributed by atoms with Gasteiger partial charge < -0.3 is 16.2 Å². The summed E-state index contributed by atoms with van der Waals surface area (Å²) >= 11 is 0. The molecular weight excluding hydrogens is 270 g/mol. The van der Waals surface area contributed by atoms with Gasteiger partial charge in [-0.25, -0.2) is 4.79 Å². The van der Waals surface area contributed by atoms with Crippen molar-refractivity contribution in [1.82, 2.24) is 4.90 Å². The summed E-state index contributed by atoms with van der Waals surface area (Å²) in [5.74, 6) is -0.783. The number of methoxy groups -OCH3 is 1. The van der Waals surface area contributed by atoms with Gasteiger partial charge in [-0.2, -0.15) is 0 Å². The number of nitrogens with zero attached hydrogens (tertiary/aromatic N) is 1. The number of esters is 1. The van der Waals surface area contributed by atoms with Crippen molar-refractivity contribution < 1.29 is 14.3 Å². The van der Waals surface area contributed by atoms with Gasteiger partial charge in [0, 0.05) is 12.2 Å². The summed E-state index contributed by atoms with van der Waals surface area (Å²) in [7, 11) is 1.33. The molecule has 0 bridgehead atoms. The fourth-order valence-electron chi connectivity index (χ4n) is 2.82. The highest BCUT2D eigenvalue weighted by Gasteiger charge is 2.28. The van der Waals surface area contributed by atoms with Gasteiger partial charge in [-0.05, 0) is 31.0 Å². The molecule has 6 nitrogen and oxygen atoms in total. The number of ether oxygens (including phenoxy) is 1. The zero-order valence-corrected chi connectivity index (χ0v) is 12.2. The van der Waals surface area contributed by atoms with E-state index < -0.39 is 5.97 Å². The number of nitrogens with two attached hydrogens (primary N) is 2. The Labute approximate surface area is 124 Å². The molecule has 1 saturated heterocycles. The van der Waals surface area contributed by atoms with Crippen molar-refractivity contribution in [2.24, 2.45) is 5.73 Å². The number of carbonyl (C=O) groups is 2. The lowest BCUT2D eigenvalue weighted by molar-refractivity contribution is -0.124. The predicted molar refractivity (Wildman–Crippen MR) is 79.4 cm³/mol. The Balaban J connectivity index is 2.28. The fraction of sp³-hybridized carbons (Fsp3) is 0.467. The number of nitrogen functional groups attached to an aromatic ring is 1. The highest BCUT2D eigenvalue weighted by molar-refractivity contribution is 5.96. The summed E-state index contributed by atoms with van der Waals surface area (Å²) in [6, 6.07) is 5.00. The molecule has 114 valence electrons. The monoisotopic (exact) mass is 291 g/mol. The van der Waals surface area contributed by atoms with Crippen LogP contribution in [0.25, 0.3) is 0 Å². The second kappa shape index (κ2) is 6.58. The van der Waals surface area contributed by atoms with E-state index in [1.54, 1.807) is 12.1 Å². The molecule has 1 amide bonds. The van der Waals surface area contributed by atoms with Crippen LogP contribution in [0.2, 0.25) is 0 Å². The van der Waals surface area contributed by atoms with Crippen molar-refractivity contribution in [3.05, 3.63) is 29.3 Å². The van der Waals surface area contributed by atoms with Crippen molar-refractivity contribution in [1.29, 1.82) is 0 Å². The molecule has 4 N–H and O–H groups in total. The number of benzene rings is 1. The molecule has 21 heavy (non-hydrogen) atoms. The van der Waals surface area contributed by atoms with Crippen LogP contribution in [0.15, 0.2) is 18.2 Å². The first-order valence-corrected chi connectivity index (χ1v) is 7.03. The van der Waals surface area contributed by atoms with Gasteiger partial charge >= 0.3 is 5.97 Å². The molecule has 0 radical (unpaired) electrons. The minimum Gasteiger partial charge on any atom is -0.465 e. The zero-order valence-electron chi connectivity index (χ0n) is 12.2. The number of amides is 1. The molecule has 1 fully saturated rings. The van der Waals surface area contributed by atoms with E-state index in [9.17, 15) is 9.59 Å². The SMILES string of the molecule is COC(=O)c1c(N)cccc1CN1CCCCC1C(N)=O. The summed E-state index contributed by atoms with van der Waals surface area (Å²) < 4.78 is 4.79. The fourth-order valence-corrected chi connectivity index (χ4v) is 2.82. The average molecular weight is 291 g/mol. The Bertz CT molecular complexity index is 545. The van der Waals surface area contributed by atoms with E-state index in [1.807, 2.05) is 11.0 Å². The zero-order chi connectivity index (χ0) is 15.4. The van der Waals surface area contributed by atoms with Crippen LogP contribution in [0.4, 0.5) is 5.69 Å². The van der Waals surface area contributed by atoms with Crippen LogP contribution in [0.1, 0.15) is 35.2 Å². The molecule has 0 saturated carbocycles. The van der Waals surface area contributed by atoms with E-state index in [-0.39, 0.29) is 11.9 Å². The normalized spacial score (nSPS) is 19.2. The molecule has 1 aromatic rings. The molecule has 1 aromatic carbocycles. The quantitative estimate of drug-likeness (QED) is 0.634. The van der Waals surface area contributed by atoms with Crippen LogP contribution in [-0.4, -0.2) is 36.5 Å². The van der Waals surface area contributed by atoms with Crippen LogP contribution >= 0.6 is 0 Å². The molecule has 0 spiro atoms. The summed E-state index contributed by atoms with van der Waals surface area (Å²) in [5.41, 5.74) is 12.9. The number of hydrogen-bond donors (Lipinski definition) is 2. The van der Waals surface area contributed by atoms with Gasteiger partial charge in [0.15, 0.2) is 0 Å². The second-order valence-electron chi connectivity index (χ2n) is 5.26. The van der Waals surface area contributed by atoms with E-state index in [4.69, 9.17) is 16.2 Å². The third-order valence-corrected chi connectivity index (χ3v) is 3.89. The number of piperidine rings is 1. The lowest BCUT2D eigenvalue weighted by Crippen LogP contribution is -2.47. The highest BCUT2D eigenvalue weighted by atomic mass is 16.5. The topological polar surface area (TPSA) is 98.7 Å². The summed E-state index contributed by atoms with van der Waals surface area (Å²) in [5, 5.41) is 0. The smallest absolute Gasteiger partial charge is 0.340 e. The maximum atomic E-state index is 11.9. The van der Waals surface area contributed by atoms with E-state index in [2.05, 4.69) is 0 Å². The van der Waals surface area contributed by atoms with Crippen molar-refractivity contribution in [2.75, 3.05) is 19.4 Å². The number of anilines is 1. The summed E-state index contributed by atoms with van der Waals surface area (Å²) in [6.07, 6.45) is 2.76. The average Bonchev–Trinajstić information content (AvgIpc) is 2.47. The number of primary amides is 1. The lowest BCUT2D eigenvalue weighted by Gasteiger charge is -2.34. The van der Waals surface area contributed by atoms with Gasteiger partial charge in [0.05, 0.1) is 18.7 Å². The first-order chi connectivity index (χ1) is 10.0. The van der Waals surface area contributed by atoms with Crippen molar-refractivity contribution in [3.8, 4) is 0 Å². The Morgan fingerprint density at radius 1 is 1.38 bits per heavy atom. The molecule has 1 heterocycles. The van der Waals surface area contributed by atoms with Crippen molar-refractivity contribution in [2.45, 2.75) is 31.8 Å². The largest absolute Gasteiger partial charge is 0.465 e. The van der Waals surface area contributed by atoms with Crippen LogP contribution in [0, 0.1) is 0 Å². The number of hydrogen-bond acceptors (Lipinski definition) is 5. The van der Waals surface area contributed by atoms with Gasteiger partial charge in [-0.1, -0.05) is 18.6 Å². The molecule has 1 aliphatic rings. The summed E-state index contributed by atoms with van der Waals surface area (Å²) in [6.45, 7) is 1.24. The number of likely N-dealkylation sites (tertiary alicyclic amines) is 1. The number of rotatable bonds is 4. The third-order valence-electron chi connectivity index (χ3n) is 3.89. The molecule has 1 aliphatic heterocycles. The maximum absolute atomic E-state index is 11.9. The van der Waals surface area contributed by atoms with Gasteiger partial charge in [-0.3, -0.25) is 9.69 Å². The van der Waals surface area contributed by atoms with E-state index in [1.165, 1.54) is 7.11 Å². The first-order valence-electron chi connectivity index (χ1n) is 7.03. The molecule has 2 rings (SSSR count). The maximum Gasteiger partial charge on any atom is 0.340 e. The number of carbonyl (C=O) groups excluding carboxylic acids is 2. The van der Waals surface area contributed by atoms with Crippen LogP contribution in [-0.2, 0) is 16.1 Å². The van der Waals surface area contributed by atoms with E-state index in [0.717, 1.165) is 31.4 Å². The lowest BCUT2D eigenvalue weighted by atomic mass is 9.98. The van der Waals surface area contributed by atoms with Crippen LogP contribution < -0.4 is 11.5 Å². The Morgan fingerprint density at radius 2 is 2.14 bits per heavy atom. The Kier molecular flexibility index (Phi) is 4.80. The van der Waals surface area contributed by atoms with E-state index in [0.29, 0.717) is 17.8 Å².